The van der Waals surface area contributed by atoms with Crippen molar-refractivity contribution < 1.29 is 9.29 Å². The second-order valence-corrected chi connectivity index (χ2v) is 10.6. The summed E-state index contributed by atoms with van der Waals surface area (Å²) >= 11 is -1.41. The van der Waals surface area contributed by atoms with E-state index in [1.165, 1.54) is 0 Å². The van der Waals surface area contributed by atoms with Crippen molar-refractivity contribution in [1.82, 2.24) is 4.98 Å². The van der Waals surface area contributed by atoms with E-state index in [1.54, 1.807) is 0 Å². The van der Waals surface area contributed by atoms with Crippen LogP contribution in [0, 0.1) is 25.2 Å². The number of nitrogens with two attached hydrogens (primary N) is 1. The Balaban J connectivity index is 2.19. The molecule has 2 aromatic rings. The van der Waals surface area contributed by atoms with Crippen molar-refractivity contribution in [2.45, 2.75) is 70.5 Å². The molecule has 1 aromatic carbocycles. The summed E-state index contributed by atoms with van der Waals surface area (Å²) in [7, 11) is 0. The molecule has 3 rings (SSSR count). The maximum atomic E-state index is 12.0. The lowest BCUT2D eigenvalue weighted by atomic mass is 9.85. The van der Waals surface area contributed by atoms with Crippen LogP contribution in [0.1, 0.15) is 79.8 Å². The molecular weight excluding hydrogens is 382 g/mol. The monoisotopic (exact) mass is 413 g/mol. The van der Waals surface area contributed by atoms with Crippen molar-refractivity contribution in [2.24, 2.45) is 5.14 Å². The zero-order valence-electron chi connectivity index (χ0n) is 18.0. The predicted molar refractivity (Wildman–Crippen MR) is 118 cm³/mol. The molecule has 2 atom stereocenters. The molecule has 1 aromatic heterocycles. The second-order valence-electron chi connectivity index (χ2n) is 8.91. The number of pyridine rings is 1. The molecule has 5 nitrogen and oxygen atoms in total. The molecular formula is C23H31N3O2S. The van der Waals surface area contributed by atoms with Crippen LogP contribution in [0.2, 0.25) is 0 Å². The number of hydrogen-bond donors (Lipinski definition) is 1. The largest absolute Gasteiger partial charge is 0.598 e. The molecule has 1 aliphatic rings. The van der Waals surface area contributed by atoms with Crippen LogP contribution in [0.5, 0.6) is 0 Å². The maximum absolute atomic E-state index is 12.0. The Labute approximate surface area is 177 Å². The highest BCUT2D eigenvalue weighted by Crippen LogP contribution is 2.38. The molecule has 0 aliphatic carbocycles. The van der Waals surface area contributed by atoms with E-state index in [9.17, 15) is 9.81 Å². The summed E-state index contributed by atoms with van der Waals surface area (Å²) in [5, 5.41) is 16.6. The van der Waals surface area contributed by atoms with E-state index in [0.29, 0.717) is 12.3 Å². The Morgan fingerprint density at radius 2 is 2.00 bits per heavy atom. The van der Waals surface area contributed by atoms with Gasteiger partial charge in [-0.2, -0.15) is 10.4 Å². The normalized spacial score (nSPS) is 17.9. The van der Waals surface area contributed by atoms with Crippen LogP contribution < -0.4 is 5.14 Å². The first-order valence-corrected chi connectivity index (χ1v) is 11.5. The number of benzene rings is 1. The Kier molecular flexibility index (Phi) is 6.54. The van der Waals surface area contributed by atoms with E-state index in [-0.39, 0.29) is 5.92 Å². The van der Waals surface area contributed by atoms with Crippen LogP contribution in [-0.2, 0) is 16.1 Å². The van der Waals surface area contributed by atoms with Gasteiger partial charge in [0.05, 0.1) is 11.1 Å². The highest BCUT2D eigenvalue weighted by atomic mass is 32.2. The van der Waals surface area contributed by atoms with Gasteiger partial charge in [-0.15, -0.1) is 0 Å². The van der Waals surface area contributed by atoms with E-state index in [2.05, 4.69) is 25.1 Å². The minimum atomic E-state index is -1.41. The summed E-state index contributed by atoms with van der Waals surface area (Å²) in [6.45, 7) is 11.5. The third-order valence-corrected chi connectivity index (χ3v) is 7.39. The minimum absolute atomic E-state index is 0.115. The second kappa shape index (κ2) is 8.61. The van der Waals surface area contributed by atoms with E-state index >= 15 is 0 Å². The van der Waals surface area contributed by atoms with E-state index in [0.717, 1.165) is 64.9 Å². The number of nitriles is 1. The van der Waals surface area contributed by atoms with Gasteiger partial charge in [0, 0.05) is 48.0 Å². The summed E-state index contributed by atoms with van der Waals surface area (Å²) in [6.07, 6.45) is 2.54. The highest BCUT2D eigenvalue weighted by molar-refractivity contribution is 7.90. The molecule has 0 spiro atoms. The molecule has 0 amide bonds. The van der Waals surface area contributed by atoms with Crippen LogP contribution in [-0.4, -0.2) is 27.5 Å². The van der Waals surface area contributed by atoms with Gasteiger partial charge < -0.3 is 9.29 Å². The fourth-order valence-electron chi connectivity index (χ4n) is 4.47. The molecule has 156 valence electrons. The Morgan fingerprint density at radius 3 is 2.59 bits per heavy atom. The zero-order valence-corrected chi connectivity index (χ0v) is 18.9. The summed E-state index contributed by atoms with van der Waals surface area (Å²) < 4.78 is 17.0. The predicted octanol–water partition coefficient (Wildman–Crippen LogP) is 4.51. The van der Waals surface area contributed by atoms with Gasteiger partial charge in [0.1, 0.15) is 10.8 Å². The van der Waals surface area contributed by atoms with Crippen molar-refractivity contribution in [1.29, 1.82) is 5.26 Å². The quantitative estimate of drug-likeness (QED) is 0.728. The summed E-state index contributed by atoms with van der Waals surface area (Å²) in [6, 6.07) is 6.65. The Hall–Kier alpha value is -1.65. The van der Waals surface area contributed by atoms with Crippen LogP contribution in [0.3, 0.4) is 0 Å². The maximum Gasteiger partial charge on any atom is 0.140 e. The molecule has 1 aliphatic heterocycles. The number of hydrogen-bond acceptors (Lipinski definition) is 5. The van der Waals surface area contributed by atoms with E-state index in [4.69, 9.17) is 14.9 Å². The molecule has 29 heavy (non-hydrogen) atoms. The van der Waals surface area contributed by atoms with Crippen molar-refractivity contribution in [3.05, 3.63) is 40.1 Å². The van der Waals surface area contributed by atoms with Crippen molar-refractivity contribution in [2.75, 3.05) is 13.2 Å². The first-order valence-electron chi connectivity index (χ1n) is 10.2. The Morgan fingerprint density at radius 1 is 1.34 bits per heavy atom. The number of aryl methyl sites for hydroxylation is 1. The van der Waals surface area contributed by atoms with Crippen LogP contribution in [0.15, 0.2) is 12.1 Å². The van der Waals surface area contributed by atoms with Crippen molar-refractivity contribution in [3.8, 4) is 6.07 Å². The minimum Gasteiger partial charge on any atom is -0.598 e. The number of fused-ring (bicyclic) bond motifs is 1. The van der Waals surface area contributed by atoms with Gasteiger partial charge in [-0.05, 0) is 63.6 Å². The van der Waals surface area contributed by atoms with Gasteiger partial charge in [-0.3, -0.25) is 4.98 Å². The lowest BCUT2D eigenvalue weighted by Crippen LogP contribution is -2.38. The van der Waals surface area contributed by atoms with Gasteiger partial charge in [-0.1, -0.05) is 18.6 Å². The Bertz CT molecular complexity index is 944. The fourth-order valence-corrected chi connectivity index (χ4v) is 4.89. The van der Waals surface area contributed by atoms with E-state index in [1.807, 2.05) is 27.7 Å². The molecule has 6 heteroatoms. The van der Waals surface area contributed by atoms with E-state index < -0.39 is 16.1 Å². The van der Waals surface area contributed by atoms with Gasteiger partial charge in [0.25, 0.3) is 0 Å². The topological polar surface area (TPSA) is 95.0 Å². The van der Waals surface area contributed by atoms with Crippen LogP contribution >= 0.6 is 0 Å². The third-order valence-electron chi connectivity index (χ3n) is 6.14. The summed E-state index contributed by atoms with van der Waals surface area (Å²) in [5.74, 6) is 0.432. The molecule has 1 saturated heterocycles. The highest BCUT2D eigenvalue weighted by Gasteiger charge is 2.33. The van der Waals surface area contributed by atoms with Crippen LogP contribution in [0.25, 0.3) is 10.9 Å². The third kappa shape index (κ3) is 4.44. The molecule has 2 heterocycles. The summed E-state index contributed by atoms with van der Waals surface area (Å²) in [5.41, 5.74) is 5.82. The molecule has 0 radical (unpaired) electrons. The lowest BCUT2D eigenvalue weighted by molar-refractivity contribution is 0.0844. The molecule has 0 bridgehead atoms. The number of nitrogens with zero attached hydrogens (tertiary/aromatic N) is 2. The SMILES string of the molecule is Cc1cc(C(C)CC(C)(C)[S+](N)[O-])c2nc(C3CCOCC3)c(C)c(C#N)c2c1. The van der Waals surface area contributed by atoms with Gasteiger partial charge in [0.15, 0.2) is 0 Å². The standard InChI is InChI=1S/C23H31N3O2S/c1-14-10-18(15(2)12-23(4,5)29(25)27)22-19(11-14)20(13-24)16(3)21(26-22)17-6-8-28-9-7-17/h10-11,15,17H,6-9,12,25H2,1-5H3. The molecule has 0 saturated carbocycles. The van der Waals surface area contributed by atoms with Crippen molar-refractivity contribution in [3.63, 3.8) is 0 Å². The number of aromatic nitrogens is 1. The first-order chi connectivity index (χ1) is 13.7. The average molecular weight is 414 g/mol. The average Bonchev–Trinajstić information content (AvgIpc) is 2.67. The van der Waals surface area contributed by atoms with Gasteiger partial charge in [-0.25, -0.2) is 0 Å². The van der Waals surface area contributed by atoms with Gasteiger partial charge >= 0.3 is 0 Å². The zero-order chi connectivity index (χ0) is 21.3. The molecule has 2 N–H and O–H groups in total. The molecule has 1 fully saturated rings. The lowest BCUT2D eigenvalue weighted by Gasteiger charge is -2.28. The van der Waals surface area contributed by atoms with Crippen LogP contribution in [0.4, 0.5) is 0 Å². The van der Waals surface area contributed by atoms with Crippen molar-refractivity contribution >= 4 is 22.3 Å². The summed E-state index contributed by atoms with van der Waals surface area (Å²) in [4.78, 5) is 5.13. The fraction of sp³-hybridized carbons (Fsp3) is 0.565. The first kappa shape index (κ1) is 22.0. The smallest absolute Gasteiger partial charge is 0.140 e. The number of ether oxygens (including phenoxy) is 1. The van der Waals surface area contributed by atoms with Gasteiger partial charge in [0.2, 0.25) is 0 Å². The molecule has 2 unspecified atom stereocenters. The number of rotatable bonds is 5.